The molecule has 0 aliphatic carbocycles. The van der Waals surface area contributed by atoms with Crippen molar-refractivity contribution in [3.63, 3.8) is 0 Å². The number of methoxy groups -OCH3 is 2. The molecular formula is C28H24F4N2O8S. The molecule has 0 bridgehead atoms. The van der Waals surface area contributed by atoms with Crippen LogP contribution in [-0.2, 0) is 20.3 Å². The highest BCUT2D eigenvalue weighted by molar-refractivity contribution is 7.88. The first-order chi connectivity index (χ1) is 20.4. The second-order valence-electron chi connectivity index (χ2n) is 8.81. The molecule has 4 rings (SSSR count). The molecule has 15 heteroatoms. The lowest BCUT2D eigenvalue weighted by molar-refractivity contribution is -0.200. The van der Waals surface area contributed by atoms with Crippen molar-refractivity contribution in [2.24, 2.45) is 0 Å². The average Bonchev–Trinajstić information content (AvgIpc) is 3.33. The number of amides is 1. The van der Waals surface area contributed by atoms with Crippen molar-refractivity contribution in [1.82, 2.24) is 10.3 Å². The highest BCUT2D eigenvalue weighted by atomic mass is 32.2. The number of ether oxygens (including phenoxy) is 4. The highest BCUT2D eigenvalue weighted by Crippen LogP contribution is 2.39. The van der Waals surface area contributed by atoms with Crippen molar-refractivity contribution >= 4 is 28.2 Å². The van der Waals surface area contributed by atoms with Gasteiger partial charge in [-0.05, 0) is 36.4 Å². The molecule has 2 unspecified atom stereocenters. The normalized spacial score (nSPS) is 14.8. The van der Waals surface area contributed by atoms with Gasteiger partial charge in [-0.3, -0.25) is 4.79 Å². The Kier molecular flexibility index (Phi) is 9.66. The number of hydrogen-bond donors (Lipinski definition) is 2. The summed E-state index contributed by atoms with van der Waals surface area (Å²) in [5.74, 6) is -3.10. The molecule has 0 saturated heterocycles. The predicted octanol–water partition coefficient (Wildman–Crippen LogP) is 3.70. The summed E-state index contributed by atoms with van der Waals surface area (Å²) in [7, 11) is 0.947. The molecule has 1 aromatic heterocycles. The molecule has 10 nitrogen and oxygen atoms in total. The van der Waals surface area contributed by atoms with Crippen LogP contribution in [0.1, 0.15) is 33.4 Å². The number of aliphatic hydroxyl groups is 1. The Bertz CT molecular complexity index is 1600. The molecule has 2 heterocycles. The van der Waals surface area contributed by atoms with Gasteiger partial charge in [-0.15, -0.1) is 0 Å². The third-order valence-corrected chi connectivity index (χ3v) is 7.33. The molecule has 1 amide bonds. The monoisotopic (exact) mass is 624 g/mol. The van der Waals surface area contributed by atoms with Crippen molar-refractivity contribution < 1.29 is 55.4 Å². The maximum atomic E-state index is 14.3. The number of fused-ring (bicyclic) bond motifs is 1. The summed E-state index contributed by atoms with van der Waals surface area (Å²) in [5, 5.41) is 14.7. The van der Waals surface area contributed by atoms with Gasteiger partial charge in [0.05, 0.1) is 35.6 Å². The van der Waals surface area contributed by atoms with Gasteiger partial charge in [-0.25, -0.2) is 18.4 Å². The number of benzene rings is 2. The van der Waals surface area contributed by atoms with Crippen molar-refractivity contribution in [3.05, 3.63) is 82.3 Å². The molecule has 0 radical (unpaired) electrons. The van der Waals surface area contributed by atoms with Gasteiger partial charge in [-0.2, -0.15) is 13.2 Å². The lowest BCUT2D eigenvalue weighted by Gasteiger charge is -2.16. The maximum Gasteiger partial charge on any atom is 0.490 e. The Morgan fingerprint density at radius 2 is 1.74 bits per heavy atom. The van der Waals surface area contributed by atoms with Crippen LogP contribution >= 0.6 is 0 Å². The Balaban J connectivity index is 1.41. The number of pyridine rings is 1. The van der Waals surface area contributed by atoms with Crippen LogP contribution in [0.4, 0.5) is 17.6 Å². The number of aliphatic hydroxyl groups excluding tert-OH is 1. The summed E-state index contributed by atoms with van der Waals surface area (Å²) in [4.78, 5) is 28.0. The quantitative estimate of drug-likeness (QED) is 0.186. The minimum absolute atomic E-state index is 0.0244. The number of carbonyl (C=O) groups is 2. The van der Waals surface area contributed by atoms with E-state index < -0.39 is 54.0 Å². The van der Waals surface area contributed by atoms with Gasteiger partial charge in [0, 0.05) is 28.7 Å². The topological polar surface area (TPSA) is 133 Å². The Morgan fingerprint density at radius 3 is 2.44 bits per heavy atom. The first-order valence-corrected chi connectivity index (χ1v) is 13.6. The van der Waals surface area contributed by atoms with E-state index in [1.165, 1.54) is 62.1 Å². The van der Waals surface area contributed by atoms with Gasteiger partial charge in [-0.1, -0.05) is 12.1 Å². The van der Waals surface area contributed by atoms with E-state index >= 15 is 0 Å². The lowest BCUT2D eigenvalue weighted by atomic mass is 10.0. The van der Waals surface area contributed by atoms with Crippen LogP contribution in [0.2, 0.25) is 0 Å². The fourth-order valence-electron chi connectivity index (χ4n) is 4.03. The molecule has 43 heavy (non-hydrogen) atoms. The number of aromatic nitrogens is 1. The van der Waals surface area contributed by atoms with Crippen molar-refractivity contribution in [3.8, 4) is 17.2 Å². The molecule has 2 N–H and O–H groups in total. The van der Waals surface area contributed by atoms with Gasteiger partial charge in [0.1, 0.15) is 36.6 Å². The number of hydrogen-bond acceptors (Lipinski definition) is 9. The molecule has 3 aromatic rings. The van der Waals surface area contributed by atoms with Crippen LogP contribution in [0.25, 0.3) is 5.57 Å². The summed E-state index contributed by atoms with van der Waals surface area (Å²) in [6.07, 6.45) is -6.40. The van der Waals surface area contributed by atoms with Crippen LogP contribution in [0.5, 0.6) is 17.2 Å². The Labute approximate surface area is 244 Å². The van der Waals surface area contributed by atoms with Crippen LogP contribution < -0.4 is 19.5 Å². The summed E-state index contributed by atoms with van der Waals surface area (Å²) in [5.41, 5.74) is 1.25. The molecule has 2 atom stereocenters. The molecule has 0 saturated carbocycles. The van der Waals surface area contributed by atoms with Crippen LogP contribution in [-0.4, -0.2) is 66.3 Å². The standard InChI is InChI=1S/C28H24F4N2O8S/c1-39-22-9-7-19(34-24(22)17-14-43(38)25-16(17)4-3-5-18(25)29)20(35)13-33-26(36)15-6-8-21(23(12-15)40-2)41-10-11-42-27(37)28(30,31)32/h3-9,12,14,20,35H,10-11,13H2,1-2H3,(H,33,36). The lowest BCUT2D eigenvalue weighted by Crippen LogP contribution is -2.29. The highest BCUT2D eigenvalue weighted by Gasteiger charge is 2.40. The molecule has 228 valence electrons. The zero-order chi connectivity index (χ0) is 31.3. The number of esters is 1. The van der Waals surface area contributed by atoms with E-state index in [4.69, 9.17) is 14.2 Å². The van der Waals surface area contributed by atoms with E-state index in [0.717, 1.165) is 0 Å². The van der Waals surface area contributed by atoms with E-state index in [2.05, 4.69) is 15.0 Å². The van der Waals surface area contributed by atoms with E-state index in [1.54, 1.807) is 6.07 Å². The Morgan fingerprint density at radius 1 is 1.02 bits per heavy atom. The summed E-state index contributed by atoms with van der Waals surface area (Å²) < 4.78 is 83.4. The fraction of sp³-hybridized carbons (Fsp3) is 0.250. The van der Waals surface area contributed by atoms with E-state index in [9.17, 15) is 36.5 Å². The SMILES string of the molecule is COc1cc(C(=O)NCC(O)c2ccc(OC)c(C3=CS(=O)c4c(F)cccc43)n2)ccc1OCCOC(=O)C(F)(F)F. The van der Waals surface area contributed by atoms with Gasteiger partial charge >= 0.3 is 12.1 Å². The van der Waals surface area contributed by atoms with Gasteiger partial charge < -0.3 is 29.4 Å². The molecule has 1 aliphatic heterocycles. The third-order valence-electron chi connectivity index (χ3n) is 6.07. The van der Waals surface area contributed by atoms with Crippen LogP contribution in [0.3, 0.4) is 0 Å². The molecule has 1 aliphatic rings. The van der Waals surface area contributed by atoms with Gasteiger partial charge in [0.25, 0.3) is 5.91 Å². The molecule has 0 spiro atoms. The second kappa shape index (κ2) is 13.2. The van der Waals surface area contributed by atoms with E-state index in [0.29, 0.717) is 16.9 Å². The number of rotatable bonds is 11. The summed E-state index contributed by atoms with van der Waals surface area (Å²) >= 11 is 0. The van der Waals surface area contributed by atoms with Crippen molar-refractivity contribution in [1.29, 1.82) is 0 Å². The minimum Gasteiger partial charge on any atom is -0.494 e. The summed E-state index contributed by atoms with van der Waals surface area (Å²) in [6, 6.07) is 11.3. The predicted molar refractivity (Wildman–Crippen MR) is 143 cm³/mol. The van der Waals surface area contributed by atoms with Crippen molar-refractivity contribution in [2.45, 2.75) is 17.2 Å². The molecule has 2 aromatic carbocycles. The Hall–Kier alpha value is -4.50. The smallest absolute Gasteiger partial charge is 0.490 e. The third kappa shape index (κ3) is 7.11. The second-order valence-corrected chi connectivity index (χ2v) is 10.0. The molecule has 0 fully saturated rings. The number of nitrogens with one attached hydrogen (secondary N) is 1. The maximum absolute atomic E-state index is 14.3. The van der Waals surface area contributed by atoms with Crippen LogP contribution in [0, 0.1) is 5.82 Å². The summed E-state index contributed by atoms with van der Waals surface area (Å²) in [6.45, 7) is -1.33. The first kappa shape index (κ1) is 31.4. The van der Waals surface area contributed by atoms with Crippen molar-refractivity contribution in [2.75, 3.05) is 34.0 Å². The number of halogens is 4. The first-order valence-electron chi connectivity index (χ1n) is 12.4. The van der Waals surface area contributed by atoms with E-state index in [-0.39, 0.29) is 39.9 Å². The number of nitrogens with zero attached hydrogens (tertiary/aromatic N) is 1. The van der Waals surface area contributed by atoms with Gasteiger partial charge in [0.2, 0.25) is 0 Å². The zero-order valence-electron chi connectivity index (χ0n) is 22.6. The largest absolute Gasteiger partial charge is 0.494 e. The zero-order valence-corrected chi connectivity index (χ0v) is 23.4. The average molecular weight is 625 g/mol. The number of alkyl halides is 3. The van der Waals surface area contributed by atoms with Crippen LogP contribution in [0.15, 0.2) is 58.8 Å². The molecular weight excluding hydrogens is 600 g/mol. The minimum atomic E-state index is -5.12. The fourth-order valence-corrected chi connectivity index (χ4v) is 5.26. The van der Waals surface area contributed by atoms with E-state index in [1.807, 2.05) is 0 Å². The van der Waals surface area contributed by atoms with Gasteiger partial charge in [0.15, 0.2) is 11.5 Å². The number of carbonyl (C=O) groups excluding carboxylic acids is 2.